The van der Waals surface area contributed by atoms with Gasteiger partial charge in [0.15, 0.2) is 0 Å². The molecule has 0 fully saturated rings. The van der Waals surface area contributed by atoms with Crippen molar-refractivity contribution in [1.29, 1.82) is 0 Å². The minimum absolute atomic E-state index is 0. The van der Waals surface area contributed by atoms with Gasteiger partial charge in [-0.15, -0.1) is 0 Å². The molecule has 0 spiro atoms. The Morgan fingerprint density at radius 1 is 0.683 bits per heavy atom. The van der Waals surface area contributed by atoms with Crippen LogP contribution in [0, 0.1) is 20.2 Å². The molecule has 4 aromatic rings. The summed E-state index contributed by atoms with van der Waals surface area (Å²) in [5, 5.41) is 40.4. The molecule has 4 rings (SSSR count). The summed E-state index contributed by atoms with van der Waals surface area (Å²) in [6.07, 6.45) is 7.85. The fraction of sp³-hybridized carbons (Fsp3) is 0.143. The van der Waals surface area contributed by atoms with E-state index >= 15 is 0 Å². The third-order valence-corrected chi connectivity index (χ3v) is 5.36. The van der Waals surface area contributed by atoms with Gasteiger partial charge in [-0.05, 0) is 36.4 Å². The Hall–Kier alpha value is -5.00. The van der Waals surface area contributed by atoms with Crippen molar-refractivity contribution in [3.63, 3.8) is 0 Å². The largest absolute Gasteiger partial charge is 0.507 e. The zero-order valence-electron chi connectivity index (χ0n) is 21.7. The summed E-state index contributed by atoms with van der Waals surface area (Å²) in [6, 6.07) is 19.2. The fourth-order valence-electron chi connectivity index (χ4n) is 3.29. The fourth-order valence-corrected chi connectivity index (χ4v) is 3.29. The number of aliphatic imine (C=N–C) groups is 2. The van der Waals surface area contributed by atoms with Gasteiger partial charge in [0, 0.05) is 102 Å². The van der Waals surface area contributed by atoms with Crippen LogP contribution >= 0.6 is 0 Å². The van der Waals surface area contributed by atoms with Crippen LogP contribution in [-0.2, 0) is 29.9 Å². The van der Waals surface area contributed by atoms with E-state index in [4.69, 9.17) is 0 Å². The quantitative estimate of drug-likeness (QED) is 0.114. The molecule has 12 nitrogen and oxygen atoms in total. The number of pyridine rings is 2. The van der Waals surface area contributed by atoms with E-state index in [0.717, 1.165) is 23.5 Å². The molecule has 41 heavy (non-hydrogen) atoms. The van der Waals surface area contributed by atoms with Crippen LogP contribution in [0.4, 0.5) is 11.4 Å². The van der Waals surface area contributed by atoms with Crippen molar-refractivity contribution in [1.82, 2.24) is 9.97 Å². The number of nitro benzene ring substituents is 2. The van der Waals surface area contributed by atoms with Gasteiger partial charge in [-0.25, -0.2) is 0 Å². The molecule has 0 aliphatic rings. The maximum atomic E-state index is 10.5. The zero-order valence-corrected chi connectivity index (χ0v) is 22.8. The number of nitrogens with zero attached hydrogens (tertiary/aromatic N) is 6. The number of aromatic hydroxyl groups is 2. The Morgan fingerprint density at radius 3 is 1.41 bits per heavy atom. The minimum Gasteiger partial charge on any atom is -0.507 e. The van der Waals surface area contributed by atoms with E-state index in [-0.39, 0.29) is 39.9 Å². The Labute approximate surface area is 246 Å². The van der Waals surface area contributed by atoms with Gasteiger partial charge >= 0.3 is 0 Å². The van der Waals surface area contributed by atoms with E-state index in [2.05, 4.69) is 20.0 Å². The predicted molar refractivity (Wildman–Crippen MR) is 150 cm³/mol. The van der Waals surface area contributed by atoms with Crippen LogP contribution < -0.4 is 0 Å². The second-order valence-electron chi connectivity index (χ2n) is 8.21. The molecule has 0 aliphatic heterocycles. The van der Waals surface area contributed by atoms with Crippen molar-refractivity contribution in [2.75, 3.05) is 13.1 Å². The molecule has 0 saturated carbocycles. The van der Waals surface area contributed by atoms with Crippen molar-refractivity contribution in [2.24, 2.45) is 9.98 Å². The van der Waals surface area contributed by atoms with E-state index in [0.29, 0.717) is 37.1 Å². The van der Waals surface area contributed by atoms with E-state index in [9.17, 15) is 30.4 Å². The number of hydrogen-bond donors (Lipinski definition) is 2. The Bertz CT molecular complexity index is 1370. The van der Waals surface area contributed by atoms with Gasteiger partial charge in [0.1, 0.15) is 11.5 Å². The van der Waals surface area contributed by atoms with Crippen LogP contribution in [0.1, 0.15) is 22.5 Å². The molecule has 211 valence electrons. The average molecular weight is 597 g/mol. The Kier molecular flexibility index (Phi) is 13.2. The summed E-state index contributed by atoms with van der Waals surface area (Å²) in [4.78, 5) is 36.7. The number of nitro groups is 2. The first kappa shape index (κ1) is 32.2. The average Bonchev–Trinajstić information content (AvgIpc) is 2.96. The predicted octanol–water partition coefficient (Wildman–Crippen LogP) is 4.71. The first-order chi connectivity index (χ1) is 19.3. The van der Waals surface area contributed by atoms with Crippen LogP contribution in [0.25, 0.3) is 0 Å². The van der Waals surface area contributed by atoms with E-state index in [1.54, 1.807) is 12.4 Å². The normalized spacial score (nSPS) is 10.5. The summed E-state index contributed by atoms with van der Waals surface area (Å²) in [7, 11) is 0. The molecule has 0 unspecified atom stereocenters. The van der Waals surface area contributed by atoms with Gasteiger partial charge in [-0.2, -0.15) is 0 Å². The molecular weight excluding hydrogens is 571 g/mol. The van der Waals surface area contributed by atoms with Crippen molar-refractivity contribution in [2.45, 2.75) is 12.8 Å². The molecule has 13 heteroatoms. The van der Waals surface area contributed by atoms with E-state index in [1.807, 2.05) is 36.4 Å². The Morgan fingerprint density at radius 2 is 1.10 bits per heavy atom. The number of benzene rings is 2. The first-order valence-electron chi connectivity index (χ1n) is 12.1. The van der Waals surface area contributed by atoms with Crippen molar-refractivity contribution < 1.29 is 37.1 Å². The van der Waals surface area contributed by atoms with Gasteiger partial charge in [-0.3, -0.25) is 40.2 Å². The monoisotopic (exact) mass is 597 g/mol. The number of hydrogen-bond acceptors (Lipinski definition) is 10. The number of phenols is 2. The number of non-ortho nitro benzene ring substituents is 2. The van der Waals surface area contributed by atoms with Gasteiger partial charge < -0.3 is 10.2 Å². The maximum absolute atomic E-state index is 10.5. The topological polar surface area (TPSA) is 177 Å². The second kappa shape index (κ2) is 16.9. The van der Waals surface area contributed by atoms with Gasteiger partial charge in [0.05, 0.1) is 22.0 Å². The number of rotatable bonds is 10. The van der Waals surface area contributed by atoms with Crippen molar-refractivity contribution in [3.8, 4) is 11.5 Å². The summed E-state index contributed by atoms with van der Waals surface area (Å²) in [5.41, 5.74) is 2.50. The molecule has 2 aromatic heterocycles. The van der Waals surface area contributed by atoms with Crippen molar-refractivity contribution >= 4 is 23.8 Å². The van der Waals surface area contributed by atoms with E-state index in [1.165, 1.54) is 36.7 Å². The summed E-state index contributed by atoms with van der Waals surface area (Å²) < 4.78 is 0. The third kappa shape index (κ3) is 10.9. The molecule has 0 saturated heterocycles. The third-order valence-electron chi connectivity index (χ3n) is 5.36. The van der Waals surface area contributed by atoms with Crippen LogP contribution in [-0.4, -0.2) is 55.5 Å². The molecule has 1 radical (unpaired) electrons. The first-order valence-corrected chi connectivity index (χ1v) is 12.1. The van der Waals surface area contributed by atoms with Crippen LogP contribution in [0.2, 0.25) is 0 Å². The molecule has 2 aromatic carbocycles. The molecule has 0 atom stereocenters. The molecule has 0 amide bonds. The maximum Gasteiger partial charge on any atom is 0.273 e. The van der Waals surface area contributed by atoms with E-state index < -0.39 is 9.85 Å². The molecule has 2 heterocycles. The molecular formula is C28H26MnN6O6. The number of phenolic OH excluding ortho intramolecular Hbond substituents is 2. The SMILES string of the molecule is O=[N+]([O-])c1ccc(C=NCCc2ccccn2)c(O)c1.O=[N+]([O-])c1ccc(C=NCCc2ccccn2)c(O)c1.[Mn]. The minimum atomic E-state index is -0.554. The van der Waals surface area contributed by atoms with Crippen LogP contribution in [0.5, 0.6) is 11.5 Å². The van der Waals surface area contributed by atoms with Gasteiger partial charge in [0.25, 0.3) is 11.4 Å². The summed E-state index contributed by atoms with van der Waals surface area (Å²) in [5.74, 6) is -0.304. The standard InChI is InChI=1S/2C14H13N3O3.Mn/c2*18-14-9-13(17(19)20)5-4-11(14)10-15-8-6-12-3-1-2-7-16-12;/h2*1-5,7,9-10,18H,6,8H2;. The number of aromatic nitrogens is 2. The summed E-state index contributed by atoms with van der Waals surface area (Å²) in [6.45, 7) is 1.07. The zero-order chi connectivity index (χ0) is 28.7. The van der Waals surface area contributed by atoms with Crippen molar-refractivity contribution in [3.05, 3.63) is 128 Å². The molecule has 2 N–H and O–H groups in total. The summed E-state index contributed by atoms with van der Waals surface area (Å²) >= 11 is 0. The molecule has 0 aliphatic carbocycles. The molecule has 0 bridgehead atoms. The second-order valence-corrected chi connectivity index (χ2v) is 8.21. The van der Waals surface area contributed by atoms with Gasteiger partial charge in [-0.1, -0.05) is 12.1 Å². The van der Waals surface area contributed by atoms with Gasteiger partial charge in [0.2, 0.25) is 0 Å². The Balaban J connectivity index is 0.000000280. The smallest absolute Gasteiger partial charge is 0.273 e. The van der Waals surface area contributed by atoms with Crippen LogP contribution in [0.3, 0.4) is 0 Å². The van der Waals surface area contributed by atoms with Crippen LogP contribution in [0.15, 0.2) is 95.2 Å².